The summed E-state index contributed by atoms with van der Waals surface area (Å²) in [7, 11) is 1.57. The SMILES string of the molecule is CNC(=O)[C@@H]1CN(CC(=O)Nc2ccc(I)cc2C)c2ccccc2O1. The maximum Gasteiger partial charge on any atom is 0.262 e. The van der Waals surface area contributed by atoms with Crippen LogP contribution in [0.5, 0.6) is 5.75 Å². The summed E-state index contributed by atoms with van der Waals surface area (Å²) in [6.45, 7) is 2.42. The first-order valence-electron chi connectivity index (χ1n) is 8.26. The Morgan fingerprint density at radius 2 is 2.04 bits per heavy atom. The lowest BCUT2D eigenvalue weighted by Gasteiger charge is -2.35. The largest absolute Gasteiger partial charge is 0.477 e. The summed E-state index contributed by atoms with van der Waals surface area (Å²) in [4.78, 5) is 26.5. The number of halogens is 1. The van der Waals surface area contributed by atoms with Crippen LogP contribution in [0.3, 0.4) is 0 Å². The number of carbonyl (C=O) groups is 2. The molecule has 2 aromatic carbocycles. The van der Waals surface area contributed by atoms with Crippen LogP contribution < -0.4 is 20.3 Å². The van der Waals surface area contributed by atoms with Crippen LogP contribution in [0.2, 0.25) is 0 Å². The van der Waals surface area contributed by atoms with Gasteiger partial charge < -0.3 is 20.3 Å². The summed E-state index contributed by atoms with van der Waals surface area (Å²) >= 11 is 2.24. The minimum atomic E-state index is -0.650. The van der Waals surface area contributed by atoms with Gasteiger partial charge in [0.05, 0.1) is 18.8 Å². The monoisotopic (exact) mass is 465 g/mol. The number of carbonyl (C=O) groups excluding carboxylic acids is 2. The van der Waals surface area contributed by atoms with Crippen LogP contribution in [0.1, 0.15) is 5.56 Å². The highest BCUT2D eigenvalue weighted by Crippen LogP contribution is 2.33. The van der Waals surface area contributed by atoms with E-state index in [-0.39, 0.29) is 18.4 Å². The van der Waals surface area contributed by atoms with Crippen LogP contribution in [-0.4, -0.2) is 38.1 Å². The van der Waals surface area contributed by atoms with Crippen LogP contribution in [0.4, 0.5) is 11.4 Å². The maximum atomic E-state index is 12.6. The second-order valence-corrected chi connectivity index (χ2v) is 7.32. The Balaban J connectivity index is 1.76. The Labute approximate surface area is 166 Å². The third-order valence-corrected chi connectivity index (χ3v) is 4.87. The first-order chi connectivity index (χ1) is 12.5. The molecule has 1 atom stereocenters. The maximum absolute atomic E-state index is 12.6. The van der Waals surface area contributed by atoms with Crippen molar-refractivity contribution in [2.75, 3.05) is 30.4 Å². The number of anilines is 2. The number of nitrogens with zero attached hydrogens (tertiary/aromatic N) is 1. The van der Waals surface area contributed by atoms with Gasteiger partial charge in [-0.3, -0.25) is 9.59 Å². The van der Waals surface area contributed by atoms with Gasteiger partial charge in [-0.1, -0.05) is 12.1 Å². The molecule has 0 unspecified atom stereocenters. The van der Waals surface area contributed by atoms with E-state index in [2.05, 4.69) is 33.2 Å². The van der Waals surface area contributed by atoms with Crippen molar-refractivity contribution >= 4 is 45.8 Å². The number of hydrogen-bond donors (Lipinski definition) is 2. The van der Waals surface area contributed by atoms with E-state index in [4.69, 9.17) is 4.74 Å². The molecule has 2 N–H and O–H groups in total. The second-order valence-electron chi connectivity index (χ2n) is 6.08. The Bertz CT molecular complexity index is 841. The third-order valence-electron chi connectivity index (χ3n) is 4.20. The van der Waals surface area contributed by atoms with Crippen LogP contribution >= 0.6 is 22.6 Å². The highest BCUT2D eigenvalue weighted by atomic mass is 127. The van der Waals surface area contributed by atoms with Crippen LogP contribution in [0.15, 0.2) is 42.5 Å². The van der Waals surface area contributed by atoms with Crippen molar-refractivity contribution in [3.05, 3.63) is 51.6 Å². The minimum absolute atomic E-state index is 0.137. The molecule has 1 heterocycles. The normalized spacial score (nSPS) is 15.7. The van der Waals surface area contributed by atoms with Gasteiger partial charge in [0.25, 0.3) is 5.91 Å². The summed E-state index contributed by atoms with van der Waals surface area (Å²) < 4.78 is 6.88. The van der Waals surface area contributed by atoms with E-state index >= 15 is 0 Å². The lowest BCUT2D eigenvalue weighted by Crippen LogP contribution is -2.50. The molecule has 136 valence electrons. The molecule has 1 aliphatic rings. The standard InChI is InChI=1S/C19H20IN3O3/c1-12-9-13(20)7-8-14(12)22-18(24)11-23-10-17(19(25)21-2)26-16-6-4-3-5-15(16)23/h3-9,17H,10-11H2,1-2H3,(H,21,25)(H,22,24)/t17-/m0/s1. The number of fused-ring (bicyclic) bond motifs is 1. The fourth-order valence-electron chi connectivity index (χ4n) is 2.88. The van der Waals surface area contributed by atoms with Crippen molar-refractivity contribution in [3.63, 3.8) is 0 Å². The van der Waals surface area contributed by atoms with Gasteiger partial charge in [-0.25, -0.2) is 0 Å². The van der Waals surface area contributed by atoms with Crippen molar-refractivity contribution in [1.82, 2.24) is 5.32 Å². The first-order valence-corrected chi connectivity index (χ1v) is 9.34. The molecule has 0 saturated heterocycles. The molecule has 0 saturated carbocycles. The zero-order valence-corrected chi connectivity index (χ0v) is 16.7. The molecule has 6 nitrogen and oxygen atoms in total. The van der Waals surface area contributed by atoms with Crippen LogP contribution in [0.25, 0.3) is 0 Å². The number of likely N-dealkylation sites (N-methyl/N-ethyl adjacent to an activating group) is 1. The Kier molecular flexibility index (Phi) is 5.65. The van der Waals surface area contributed by atoms with Gasteiger partial charge in [-0.05, 0) is 65.4 Å². The van der Waals surface area contributed by atoms with Crippen molar-refractivity contribution in [1.29, 1.82) is 0 Å². The summed E-state index contributed by atoms with van der Waals surface area (Å²) in [6.07, 6.45) is -0.650. The van der Waals surface area contributed by atoms with Crippen molar-refractivity contribution in [3.8, 4) is 5.75 Å². The average molecular weight is 465 g/mol. The molecule has 0 aliphatic carbocycles. The fraction of sp³-hybridized carbons (Fsp3) is 0.263. The molecule has 0 radical (unpaired) electrons. The van der Waals surface area contributed by atoms with Crippen molar-refractivity contribution in [2.24, 2.45) is 0 Å². The smallest absolute Gasteiger partial charge is 0.262 e. The van der Waals surface area contributed by atoms with E-state index in [1.807, 2.05) is 48.2 Å². The molecule has 2 aromatic rings. The number of ether oxygens (including phenoxy) is 1. The van der Waals surface area contributed by atoms with E-state index in [1.165, 1.54) is 0 Å². The van der Waals surface area contributed by atoms with Gasteiger partial charge in [-0.2, -0.15) is 0 Å². The molecular weight excluding hydrogens is 445 g/mol. The third kappa shape index (κ3) is 4.09. The molecular formula is C19H20IN3O3. The molecule has 0 fully saturated rings. The van der Waals surface area contributed by atoms with Gasteiger partial charge in [0.15, 0.2) is 6.10 Å². The lowest BCUT2D eigenvalue weighted by atomic mass is 10.1. The first kappa shape index (κ1) is 18.5. The predicted octanol–water partition coefficient (Wildman–Crippen LogP) is 2.55. The topological polar surface area (TPSA) is 70.7 Å². The molecule has 0 aromatic heterocycles. The van der Waals surface area contributed by atoms with Crippen molar-refractivity contribution < 1.29 is 14.3 Å². The number of hydrogen-bond acceptors (Lipinski definition) is 4. The van der Waals surface area contributed by atoms with Crippen LogP contribution in [0, 0.1) is 10.5 Å². The van der Waals surface area contributed by atoms with E-state index in [9.17, 15) is 9.59 Å². The molecule has 0 bridgehead atoms. The summed E-state index contributed by atoms with van der Waals surface area (Å²) in [5, 5.41) is 5.55. The van der Waals surface area contributed by atoms with Crippen LogP contribution in [-0.2, 0) is 9.59 Å². The minimum Gasteiger partial charge on any atom is -0.477 e. The summed E-state index contributed by atoms with van der Waals surface area (Å²) in [6, 6.07) is 13.3. The van der Waals surface area contributed by atoms with Gasteiger partial charge in [0, 0.05) is 16.3 Å². The molecule has 3 rings (SSSR count). The quantitative estimate of drug-likeness (QED) is 0.682. The van der Waals surface area contributed by atoms with E-state index < -0.39 is 6.10 Å². The predicted molar refractivity (Wildman–Crippen MR) is 110 cm³/mol. The highest BCUT2D eigenvalue weighted by Gasteiger charge is 2.31. The van der Waals surface area contributed by atoms with Gasteiger partial charge >= 0.3 is 0 Å². The van der Waals surface area contributed by atoms with Gasteiger partial charge in [-0.15, -0.1) is 0 Å². The zero-order valence-electron chi connectivity index (χ0n) is 14.6. The van der Waals surface area contributed by atoms with Crippen molar-refractivity contribution in [2.45, 2.75) is 13.0 Å². The van der Waals surface area contributed by atoms with E-state index in [0.717, 1.165) is 20.5 Å². The number of para-hydroxylation sites is 2. The number of benzene rings is 2. The second kappa shape index (κ2) is 7.94. The Morgan fingerprint density at radius 1 is 1.27 bits per heavy atom. The number of rotatable bonds is 4. The number of nitrogens with one attached hydrogen (secondary N) is 2. The molecule has 7 heteroatoms. The molecule has 0 spiro atoms. The zero-order chi connectivity index (χ0) is 18.7. The van der Waals surface area contributed by atoms with Gasteiger partial charge in [0.2, 0.25) is 5.91 Å². The van der Waals surface area contributed by atoms with E-state index in [1.54, 1.807) is 13.1 Å². The molecule has 1 aliphatic heterocycles. The Hall–Kier alpha value is -2.29. The highest BCUT2D eigenvalue weighted by molar-refractivity contribution is 14.1. The fourth-order valence-corrected chi connectivity index (χ4v) is 3.53. The molecule has 2 amide bonds. The number of amides is 2. The lowest BCUT2D eigenvalue weighted by molar-refractivity contribution is -0.127. The van der Waals surface area contributed by atoms with E-state index in [0.29, 0.717) is 12.3 Å². The summed E-state index contributed by atoms with van der Waals surface area (Å²) in [5.41, 5.74) is 2.61. The average Bonchev–Trinajstić information content (AvgIpc) is 2.63. The summed E-state index contributed by atoms with van der Waals surface area (Å²) in [5.74, 6) is 0.255. The molecule has 26 heavy (non-hydrogen) atoms. The van der Waals surface area contributed by atoms with Gasteiger partial charge in [0.1, 0.15) is 5.75 Å². The Morgan fingerprint density at radius 3 is 2.77 bits per heavy atom. The number of aryl methyl sites for hydroxylation is 1.